The Kier molecular flexibility index (Phi) is 6.33. The highest BCUT2D eigenvalue weighted by molar-refractivity contribution is 6.34. The van der Waals surface area contributed by atoms with Crippen LogP contribution in [0.4, 0.5) is 0 Å². The van der Waals surface area contributed by atoms with Gasteiger partial charge in [-0.3, -0.25) is 4.79 Å². The Labute approximate surface area is 144 Å². The number of nitrogens with two attached hydrogens (primary N) is 1. The third kappa shape index (κ3) is 5.16. The van der Waals surface area contributed by atoms with Crippen molar-refractivity contribution in [1.82, 2.24) is 0 Å². The van der Waals surface area contributed by atoms with Gasteiger partial charge in [0, 0.05) is 17.5 Å². The van der Waals surface area contributed by atoms with Crippen LogP contribution >= 0.6 is 23.2 Å². The van der Waals surface area contributed by atoms with Crippen LogP contribution in [0.3, 0.4) is 0 Å². The first-order chi connectivity index (χ1) is 11.0. The molecule has 1 unspecified atom stereocenters. The van der Waals surface area contributed by atoms with Crippen molar-refractivity contribution in [3.63, 3.8) is 0 Å². The number of halogens is 2. The Morgan fingerprint density at radius 2 is 2.00 bits per heavy atom. The van der Waals surface area contributed by atoms with Crippen LogP contribution in [-0.2, 0) is 22.6 Å². The minimum Gasteiger partial charge on any atom is -0.484 e. The lowest BCUT2D eigenvalue weighted by Crippen LogP contribution is -2.34. The van der Waals surface area contributed by atoms with E-state index in [0.29, 0.717) is 33.9 Å². The van der Waals surface area contributed by atoms with Gasteiger partial charge in [0.25, 0.3) is 0 Å². The summed E-state index contributed by atoms with van der Waals surface area (Å²) in [6, 6.07) is 7.72. The Morgan fingerprint density at radius 1 is 1.26 bits per heavy atom. The molecule has 23 heavy (non-hydrogen) atoms. The zero-order valence-corrected chi connectivity index (χ0v) is 14.1. The van der Waals surface area contributed by atoms with E-state index < -0.39 is 12.0 Å². The molecule has 0 radical (unpaired) electrons. The van der Waals surface area contributed by atoms with E-state index in [9.17, 15) is 4.79 Å². The third-order valence-corrected chi connectivity index (χ3v) is 3.54. The number of benzene rings is 1. The molecule has 124 valence electrons. The van der Waals surface area contributed by atoms with Gasteiger partial charge >= 0.3 is 5.97 Å². The maximum Gasteiger partial charge on any atom is 0.323 e. The van der Waals surface area contributed by atoms with Gasteiger partial charge in [0.1, 0.15) is 29.9 Å². The van der Waals surface area contributed by atoms with Crippen LogP contribution in [0.1, 0.15) is 18.4 Å². The molecule has 0 amide bonds. The molecule has 0 fully saturated rings. The fourth-order valence-electron chi connectivity index (χ4n) is 1.90. The second kappa shape index (κ2) is 8.24. The van der Waals surface area contributed by atoms with Crippen LogP contribution in [0, 0.1) is 0 Å². The summed E-state index contributed by atoms with van der Waals surface area (Å²) in [5.74, 6) is 1.20. The summed E-state index contributed by atoms with van der Waals surface area (Å²) in [4.78, 5) is 11.5. The highest BCUT2D eigenvalue weighted by Crippen LogP contribution is 2.28. The van der Waals surface area contributed by atoms with Crippen LogP contribution in [0.15, 0.2) is 34.7 Å². The van der Waals surface area contributed by atoms with Crippen LogP contribution in [-0.4, -0.2) is 18.6 Å². The lowest BCUT2D eigenvalue weighted by molar-refractivity contribution is -0.144. The summed E-state index contributed by atoms with van der Waals surface area (Å²) in [5, 5.41) is 0.996. The summed E-state index contributed by atoms with van der Waals surface area (Å²) in [6.45, 7) is 2.22. The number of furan rings is 1. The van der Waals surface area contributed by atoms with Crippen molar-refractivity contribution in [2.75, 3.05) is 6.61 Å². The Balaban J connectivity index is 1.92. The van der Waals surface area contributed by atoms with Crippen molar-refractivity contribution in [3.8, 4) is 5.75 Å². The van der Waals surface area contributed by atoms with E-state index >= 15 is 0 Å². The van der Waals surface area contributed by atoms with E-state index in [1.54, 1.807) is 37.3 Å². The maximum absolute atomic E-state index is 11.5. The molecular formula is C16H17Cl2NO4. The summed E-state index contributed by atoms with van der Waals surface area (Å²) in [5.41, 5.74) is 5.75. The van der Waals surface area contributed by atoms with Gasteiger partial charge in [-0.15, -0.1) is 0 Å². The molecule has 0 aliphatic heterocycles. The van der Waals surface area contributed by atoms with Gasteiger partial charge < -0.3 is 19.6 Å². The molecule has 0 saturated heterocycles. The van der Waals surface area contributed by atoms with Crippen molar-refractivity contribution in [1.29, 1.82) is 0 Å². The molecule has 0 aliphatic carbocycles. The van der Waals surface area contributed by atoms with Gasteiger partial charge in [-0.25, -0.2) is 0 Å². The fraction of sp³-hybridized carbons (Fsp3) is 0.312. The van der Waals surface area contributed by atoms with Crippen molar-refractivity contribution < 1.29 is 18.7 Å². The largest absolute Gasteiger partial charge is 0.484 e. The van der Waals surface area contributed by atoms with Gasteiger partial charge in [-0.1, -0.05) is 23.2 Å². The van der Waals surface area contributed by atoms with Crippen LogP contribution in [0.5, 0.6) is 5.75 Å². The second-order valence-corrected chi connectivity index (χ2v) is 5.64. The van der Waals surface area contributed by atoms with E-state index in [2.05, 4.69) is 0 Å². The Morgan fingerprint density at radius 3 is 2.74 bits per heavy atom. The lowest BCUT2D eigenvalue weighted by Gasteiger charge is -2.09. The first-order valence-corrected chi connectivity index (χ1v) is 7.83. The molecule has 0 saturated carbocycles. The first-order valence-electron chi connectivity index (χ1n) is 7.07. The molecule has 7 heteroatoms. The van der Waals surface area contributed by atoms with Crippen molar-refractivity contribution >= 4 is 29.2 Å². The topological polar surface area (TPSA) is 74.7 Å². The molecule has 1 atom stereocenters. The number of carbonyl (C=O) groups excluding carboxylic acids is 1. The van der Waals surface area contributed by atoms with Crippen molar-refractivity contribution in [2.45, 2.75) is 26.0 Å². The molecule has 1 heterocycles. The number of rotatable bonds is 7. The van der Waals surface area contributed by atoms with E-state index in [1.807, 2.05) is 0 Å². The molecule has 1 aromatic carbocycles. The van der Waals surface area contributed by atoms with Crippen LogP contribution < -0.4 is 10.5 Å². The predicted molar refractivity (Wildman–Crippen MR) is 87.8 cm³/mol. The first kappa shape index (κ1) is 17.7. The highest BCUT2D eigenvalue weighted by Gasteiger charge is 2.17. The number of hydrogen-bond acceptors (Lipinski definition) is 5. The van der Waals surface area contributed by atoms with Crippen LogP contribution in [0.25, 0.3) is 0 Å². The van der Waals surface area contributed by atoms with Crippen molar-refractivity contribution in [3.05, 3.63) is 51.9 Å². The lowest BCUT2D eigenvalue weighted by atomic mass is 10.2. The van der Waals surface area contributed by atoms with E-state index in [1.165, 1.54) is 0 Å². The predicted octanol–water partition coefficient (Wildman–Crippen LogP) is 3.60. The molecule has 0 spiro atoms. The van der Waals surface area contributed by atoms with Crippen molar-refractivity contribution in [2.24, 2.45) is 5.73 Å². The molecule has 2 aromatic rings. The number of esters is 1. The monoisotopic (exact) mass is 357 g/mol. The molecule has 0 bridgehead atoms. The zero-order chi connectivity index (χ0) is 16.8. The second-order valence-electron chi connectivity index (χ2n) is 4.79. The SMILES string of the molecule is CCOC(=O)C(N)Cc1ccc(COc2cc(Cl)ccc2Cl)o1. The summed E-state index contributed by atoms with van der Waals surface area (Å²) < 4.78 is 16.0. The number of hydrogen-bond donors (Lipinski definition) is 1. The van der Waals surface area contributed by atoms with Gasteiger partial charge in [-0.05, 0) is 31.2 Å². The summed E-state index contributed by atoms with van der Waals surface area (Å²) in [7, 11) is 0. The molecule has 2 N–H and O–H groups in total. The molecule has 1 aromatic heterocycles. The van der Waals surface area contributed by atoms with E-state index in [4.69, 9.17) is 42.8 Å². The third-order valence-electron chi connectivity index (χ3n) is 2.99. The summed E-state index contributed by atoms with van der Waals surface area (Å²) in [6.07, 6.45) is 0.261. The van der Waals surface area contributed by atoms with Gasteiger partial charge in [0.15, 0.2) is 0 Å². The maximum atomic E-state index is 11.5. The minimum absolute atomic E-state index is 0.189. The Hall–Kier alpha value is -1.69. The average Bonchev–Trinajstić information content (AvgIpc) is 2.96. The Bertz CT molecular complexity index is 672. The number of ether oxygens (including phenoxy) is 2. The molecular weight excluding hydrogens is 341 g/mol. The molecule has 5 nitrogen and oxygen atoms in total. The normalized spacial score (nSPS) is 12.0. The average molecular weight is 358 g/mol. The van der Waals surface area contributed by atoms with E-state index in [0.717, 1.165) is 0 Å². The molecule has 2 rings (SSSR count). The van der Waals surface area contributed by atoms with Crippen LogP contribution in [0.2, 0.25) is 10.0 Å². The summed E-state index contributed by atoms with van der Waals surface area (Å²) >= 11 is 11.9. The number of carbonyl (C=O) groups is 1. The van der Waals surface area contributed by atoms with Gasteiger partial charge in [0.2, 0.25) is 0 Å². The smallest absolute Gasteiger partial charge is 0.323 e. The minimum atomic E-state index is -0.753. The quantitative estimate of drug-likeness (QED) is 0.766. The van der Waals surface area contributed by atoms with Gasteiger partial charge in [-0.2, -0.15) is 0 Å². The standard InChI is InChI=1S/C16H17Cl2NO4/c1-2-21-16(20)14(19)8-11-4-5-12(23-11)9-22-15-7-10(17)3-6-13(15)18/h3-7,14H,2,8-9,19H2,1H3. The van der Waals surface area contributed by atoms with E-state index in [-0.39, 0.29) is 13.0 Å². The fourth-order valence-corrected chi connectivity index (χ4v) is 2.23. The van der Waals surface area contributed by atoms with Gasteiger partial charge in [0.05, 0.1) is 11.6 Å². The highest BCUT2D eigenvalue weighted by atomic mass is 35.5. The molecule has 0 aliphatic rings. The zero-order valence-electron chi connectivity index (χ0n) is 12.6.